The Morgan fingerprint density at radius 2 is 1.81 bits per heavy atom. The zero-order chi connectivity index (χ0) is 15.5. The molecule has 2 rings (SSSR count). The molecule has 0 saturated carbocycles. The van der Waals surface area contributed by atoms with Crippen molar-refractivity contribution in [1.29, 1.82) is 0 Å². The summed E-state index contributed by atoms with van der Waals surface area (Å²) in [7, 11) is 0. The molecule has 0 spiro atoms. The molecule has 0 amide bonds. The maximum absolute atomic E-state index is 10.6. The van der Waals surface area contributed by atoms with E-state index in [0.717, 1.165) is 5.56 Å². The number of halogens is 2. The summed E-state index contributed by atoms with van der Waals surface area (Å²) in [5.41, 5.74) is 0.562. The van der Waals surface area contributed by atoms with E-state index in [4.69, 9.17) is 35.4 Å². The van der Waals surface area contributed by atoms with E-state index >= 15 is 0 Å². The predicted molar refractivity (Wildman–Crippen MR) is 93.5 cm³/mol. The second-order valence-corrected chi connectivity index (χ2v) is 6.24. The lowest BCUT2D eigenvalue weighted by atomic mass is 9.96. The third-order valence-corrected chi connectivity index (χ3v) is 4.34. The lowest BCUT2D eigenvalue weighted by Gasteiger charge is -2.25. The first-order chi connectivity index (χ1) is 9.88. The average Bonchev–Trinajstić information content (AvgIpc) is 2.43. The number of hydrogen-bond donors (Lipinski definition) is 2. The molecule has 2 N–H and O–H groups in total. The summed E-state index contributed by atoms with van der Waals surface area (Å²) in [6.07, 6.45) is 0.432. The lowest BCUT2D eigenvalue weighted by Crippen LogP contribution is -2.40. The molecule has 0 aliphatic carbocycles. The third kappa shape index (κ3) is 4.42. The topological polar surface area (TPSA) is 32.3 Å². The summed E-state index contributed by atoms with van der Waals surface area (Å²) in [4.78, 5) is 0.338. The summed E-state index contributed by atoms with van der Waals surface area (Å²) in [5.74, 6) is 0. The Labute approximate surface area is 139 Å². The van der Waals surface area contributed by atoms with Crippen molar-refractivity contribution in [3.8, 4) is 0 Å². The molecule has 2 aromatic carbocycles. The molecule has 5 heteroatoms. The summed E-state index contributed by atoms with van der Waals surface area (Å²) in [6, 6.07) is 14.8. The first-order valence-corrected chi connectivity index (χ1v) is 7.58. The van der Waals surface area contributed by atoms with Crippen LogP contribution in [0.4, 0.5) is 5.69 Å². The van der Waals surface area contributed by atoms with E-state index in [2.05, 4.69) is 5.32 Å². The highest BCUT2D eigenvalue weighted by atomic mass is 35.5. The molecule has 0 aliphatic heterocycles. The fourth-order valence-corrected chi connectivity index (χ4v) is 2.40. The lowest BCUT2D eigenvalue weighted by molar-refractivity contribution is 0.136. The fourth-order valence-electron chi connectivity index (χ4n) is 1.91. The zero-order valence-electron chi connectivity index (χ0n) is 11.4. The van der Waals surface area contributed by atoms with Gasteiger partial charge in [-0.15, -0.1) is 0 Å². The van der Waals surface area contributed by atoms with Gasteiger partial charge in [-0.25, -0.2) is 0 Å². The van der Waals surface area contributed by atoms with Gasteiger partial charge in [0.1, 0.15) is 10.6 Å². The van der Waals surface area contributed by atoms with Gasteiger partial charge in [-0.3, -0.25) is 0 Å². The van der Waals surface area contributed by atoms with E-state index in [1.54, 1.807) is 25.1 Å². The van der Waals surface area contributed by atoms with Crippen LogP contribution in [-0.2, 0) is 6.42 Å². The van der Waals surface area contributed by atoms with Gasteiger partial charge < -0.3 is 10.4 Å². The van der Waals surface area contributed by atoms with Gasteiger partial charge >= 0.3 is 0 Å². The van der Waals surface area contributed by atoms with E-state index in [0.29, 0.717) is 27.1 Å². The number of nitrogens with one attached hydrogen (secondary N) is 1. The van der Waals surface area contributed by atoms with Gasteiger partial charge in [0.05, 0.1) is 10.0 Å². The van der Waals surface area contributed by atoms with Crippen LogP contribution in [0.2, 0.25) is 10.0 Å². The molecule has 0 aliphatic rings. The van der Waals surface area contributed by atoms with Crippen molar-refractivity contribution < 1.29 is 5.11 Å². The minimum Gasteiger partial charge on any atom is -0.383 e. The van der Waals surface area contributed by atoms with Crippen LogP contribution in [0, 0.1) is 0 Å². The van der Waals surface area contributed by atoms with E-state index in [-0.39, 0.29) is 0 Å². The number of anilines is 1. The molecule has 110 valence electrons. The van der Waals surface area contributed by atoms with Gasteiger partial charge in [0.15, 0.2) is 0 Å². The smallest absolute Gasteiger partial charge is 0.116 e. The van der Waals surface area contributed by atoms with Crippen LogP contribution in [0.25, 0.3) is 0 Å². The minimum atomic E-state index is -1.15. The second kappa shape index (κ2) is 6.75. The van der Waals surface area contributed by atoms with E-state index in [1.165, 1.54) is 0 Å². The third-order valence-electron chi connectivity index (χ3n) is 3.06. The molecule has 2 aromatic rings. The molecule has 21 heavy (non-hydrogen) atoms. The fraction of sp³-hybridized carbons (Fsp3) is 0.188. The highest BCUT2D eigenvalue weighted by molar-refractivity contribution is 7.80. The zero-order valence-corrected chi connectivity index (χ0v) is 13.8. The van der Waals surface area contributed by atoms with Crippen molar-refractivity contribution in [2.75, 3.05) is 5.32 Å². The van der Waals surface area contributed by atoms with Crippen LogP contribution in [0.3, 0.4) is 0 Å². The molecule has 0 bridgehead atoms. The molecule has 2 nitrogen and oxygen atoms in total. The normalized spacial score (nSPS) is 13.5. The van der Waals surface area contributed by atoms with Gasteiger partial charge in [0.25, 0.3) is 0 Å². The summed E-state index contributed by atoms with van der Waals surface area (Å²) < 4.78 is 0. The van der Waals surface area contributed by atoms with E-state index in [1.807, 2.05) is 30.3 Å². The van der Waals surface area contributed by atoms with Crippen molar-refractivity contribution >= 4 is 46.1 Å². The maximum atomic E-state index is 10.6. The van der Waals surface area contributed by atoms with Gasteiger partial charge in [-0.05, 0) is 30.7 Å². The first-order valence-electron chi connectivity index (χ1n) is 6.41. The van der Waals surface area contributed by atoms with Crippen LogP contribution < -0.4 is 5.32 Å². The number of rotatable bonds is 4. The van der Waals surface area contributed by atoms with Crippen molar-refractivity contribution in [1.82, 2.24) is 0 Å². The Kier molecular flexibility index (Phi) is 5.22. The number of aliphatic hydroxyl groups is 1. The molecule has 1 unspecified atom stereocenters. The summed E-state index contributed by atoms with van der Waals surface area (Å²) in [6.45, 7) is 1.69. The van der Waals surface area contributed by atoms with Gasteiger partial charge in [-0.2, -0.15) is 0 Å². The van der Waals surface area contributed by atoms with Crippen LogP contribution in [0.5, 0.6) is 0 Å². The second-order valence-electron chi connectivity index (χ2n) is 5.02. The highest BCUT2D eigenvalue weighted by Crippen LogP contribution is 2.26. The highest BCUT2D eigenvalue weighted by Gasteiger charge is 2.26. The van der Waals surface area contributed by atoms with Crippen molar-refractivity contribution in [2.24, 2.45) is 0 Å². The maximum Gasteiger partial charge on any atom is 0.116 e. The molecule has 1 atom stereocenters. The molecule has 0 saturated heterocycles. The van der Waals surface area contributed by atoms with Crippen LogP contribution in [-0.4, -0.2) is 15.7 Å². The summed E-state index contributed by atoms with van der Waals surface area (Å²) >= 11 is 17.1. The monoisotopic (exact) mass is 339 g/mol. The standard InChI is InChI=1S/C16H15Cl2NOS/c1-16(20,10-11-5-3-2-4-6-11)15(21)19-12-7-8-13(17)14(18)9-12/h2-9,20H,10H2,1H3,(H,19,21). The van der Waals surface area contributed by atoms with Gasteiger partial charge in [-0.1, -0.05) is 65.8 Å². The Morgan fingerprint density at radius 3 is 2.43 bits per heavy atom. The van der Waals surface area contributed by atoms with E-state index < -0.39 is 5.60 Å². The number of hydrogen-bond acceptors (Lipinski definition) is 2. The largest absolute Gasteiger partial charge is 0.383 e. The van der Waals surface area contributed by atoms with Crippen molar-refractivity contribution in [3.05, 3.63) is 64.1 Å². The SMILES string of the molecule is CC(O)(Cc1ccccc1)C(=S)Nc1ccc(Cl)c(Cl)c1. The first kappa shape index (κ1) is 16.2. The Hall–Kier alpha value is -1.13. The summed E-state index contributed by atoms with van der Waals surface area (Å²) in [5, 5.41) is 14.5. The van der Waals surface area contributed by atoms with Gasteiger partial charge in [0.2, 0.25) is 0 Å². The molecular weight excluding hydrogens is 325 g/mol. The van der Waals surface area contributed by atoms with Crippen molar-refractivity contribution in [3.63, 3.8) is 0 Å². The molecule has 0 fully saturated rings. The van der Waals surface area contributed by atoms with Crippen LogP contribution in [0.1, 0.15) is 12.5 Å². The molecule has 0 aromatic heterocycles. The molecule has 0 radical (unpaired) electrons. The van der Waals surface area contributed by atoms with Gasteiger partial charge in [0, 0.05) is 12.1 Å². The average molecular weight is 340 g/mol. The van der Waals surface area contributed by atoms with Crippen molar-refractivity contribution in [2.45, 2.75) is 18.9 Å². The quantitative estimate of drug-likeness (QED) is 0.790. The van der Waals surface area contributed by atoms with Crippen LogP contribution >= 0.6 is 35.4 Å². The predicted octanol–water partition coefficient (Wildman–Crippen LogP) is 4.73. The number of thiocarbonyl (C=S) groups is 1. The number of benzene rings is 2. The molecule has 0 heterocycles. The Balaban J connectivity index is 2.09. The Morgan fingerprint density at radius 1 is 1.14 bits per heavy atom. The van der Waals surface area contributed by atoms with Crippen LogP contribution in [0.15, 0.2) is 48.5 Å². The Bertz CT molecular complexity index is 644. The van der Waals surface area contributed by atoms with E-state index in [9.17, 15) is 5.11 Å². The molecular formula is C16H15Cl2NOS. The minimum absolute atomic E-state index is 0.338.